The van der Waals surface area contributed by atoms with Crippen molar-refractivity contribution >= 4 is 11.6 Å². The Hall–Kier alpha value is -3.62. The normalized spacial score (nSPS) is 26.0. The Kier molecular flexibility index (Phi) is 6.10. The molecule has 0 bridgehead atoms. The lowest BCUT2D eigenvalue weighted by atomic mass is 9.75. The Balaban J connectivity index is 2.06. The molecular formula is C20H20O13. The lowest BCUT2D eigenvalue weighted by Crippen LogP contribution is -2.70. The maximum atomic E-state index is 13.1. The van der Waals surface area contributed by atoms with E-state index in [0.717, 1.165) is 0 Å². The molecule has 0 amide bonds. The highest BCUT2D eigenvalue weighted by Crippen LogP contribution is 2.40. The predicted octanol–water partition coefficient (Wildman–Crippen LogP) is -1.80. The first kappa shape index (κ1) is 24.0. The van der Waals surface area contributed by atoms with Crippen LogP contribution in [0, 0.1) is 0 Å². The van der Waals surface area contributed by atoms with Gasteiger partial charge >= 0.3 is 0 Å². The third-order valence-corrected chi connectivity index (χ3v) is 5.30. The van der Waals surface area contributed by atoms with Gasteiger partial charge in [-0.25, -0.2) is 0 Å². The van der Waals surface area contributed by atoms with Gasteiger partial charge in [0.1, 0.15) is 24.4 Å². The number of aliphatic hydroxyl groups excluding tert-OH is 3. The van der Waals surface area contributed by atoms with Crippen LogP contribution in [0.1, 0.15) is 20.7 Å². The molecule has 0 spiro atoms. The third kappa shape index (κ3) is 3.88. The molecule has 2 aromatic carbocycles. The molecule has 178 valence electrons. The molecule has 13 heteroatoms. The quantitative estimate of drug-likeness (QED) is 0.172. The fourth-order valence-electron chi connectivity index (χ4n) is 3.50. The lowest BCUT2D eigenvalue weighted by molar-refractivity contribution is -0.235. The summed E-state index contributed by atoms with van der Waals surface area (Å²) in [6.07, 6.45) is -8.85. The van der Waals surface area contributed by atoms with Crippen molar-refractivity contribution in [1.82, 2.24) is 0 Å². The van der Waals surface area contributed by atoms with E-state index in [4.69, 9.17) is 4.74 Å². The standard InChI is InChI=1S/C20H20O13/c21-8-1-6(2-9(22)14(8)27)13(26)16(29)19-20(32,18(31)12(25)5-33-19)17(30)7-3-10(23)15(28)11(24)4-7/h1-4,12,16,18-19,21-25,27-29,31-32H,5H2/t12-,16?,18+,19+,20-/m0/s1. The smallest absolute Gasteiger partial charge is 0.200 e. The van der Waals surface area contributed by atoms with Crippen molar-refractivity contribution < 1.29 is 65.4 Å². The summed E-state index contributed by atoms with van der Waals surface area (Å²) in [5, 5.41) is 99.4. The Bertz CT molecular complexity index is 1070. The summed E-state index contributed by atoms with van der Waals surface area (Å²) in [4.78, 5) is 25.8. The molecule has 1 heterocycles. The van der Waals surface area contributed by atoms with Gasteiger partial charge in [-0.3, -0.25) is 9.59 Å². The number of benzene rings is 2. The summed E-state index contributed by atoms with van der Waals surface area (Å²) in [7, 11) is 0. The molecule has 13 nitrogen and oxygen atoms in total. The number of phenolic OH excluding ortho intramolecular Hbond substituents is 6. The highest BCUT2D eigenvalue weighted by molar-refractivity contribution is 6.06. The van der Waals surface area contributed by atoms with E-state index in [1.807, 2.05) is 0 Å². The van der Waals surface area contributed by atoms with Gasteiger partial charge in [-0.1, -0.05) is 0 Å². The van der Waals surface area contributed by atoms with Crippen LogP contribution in [0.4, 0.5) is 0 Å². The molecule has 1 saturated heterocycles. The second-order valence-corrected chi connectivity index (χ2v) is 7.46. The summed E-state index contributed by atoms with van der Waals surface area (Å²) < 4.78 is 5.09. The number of rotatable bonds is 5. The molecule has 1 fully saturated rings. The van der Waals surface area contributed by atoms with Gasteiger partial charge in [0.15, 0.2) is 51.7 Å². The van der Waals surface area contributed by atoms with E-state index in [-0.39, 0.29) is 0 Å². The van der Waals surface area contributed by atoms with Crippen molar-refractivity contribution in [2.45, 2.75) is 30.0 Å². The van der Waals surface area contributed by atoms with Crippen LogP contribution in [0.5, 0.6) is 34.5 Å². The zero-order chi connectivity index (χ0) is 24.8. The van der Waals surface area contributed by atoms with E-state index >= 15 is 0 Å². The molecule has 0 saturated carbocycles. The van der Waals surface area contributed by atoms with Gasteiger partial charge in [-0.05, 0) is 24.3 Å². The SMILES string of the molecule is O=C(c1cc(O)c(O)c(O)c1)C(O)[C@H]1OC[C@H](O)[C@@H](O)[C@@]1(O)C(=O)c1cc(O)c(O)c(O)c1. The van der Waals surface area contributed by atoms with Crippen LogP contribution in [0.2, 0.25) is 0 Å². The summed E-state index contributed by atoms with van der Waals surface area (Å²) in [6.45, 7) is -0.732. The molecule has 0 radical (unpaired) electrons. The number of Topliss-reactive ketones (excluding diaryl/α,β-unsaturated/α-hetero) is 2. The van der Waals surface area contributed by atoms with Gasteiger partial charge in [0.25, 0.3) is 0 Å². The molecule has 0 aliphatic carbocycles. The van der Waals surface area contributed by atoms with Crippen molar-refractivity contribution in [2.75, 3.05) is 6.61 Å². The number of phenols is 6. The highest BCUT2D eigenvalue weighted by atomic mass is 16.5. The van der Waals surface area contributed by atoms with E-state index in [1.165, 1.54) is 0 Å². The van der Waals surface area contributed by atoms with E-state index in [2.05, 4.69) is 0 Å². The van der Waals surface area contributed by atoms with Crippen LogP contribution in [0.15, 0.2) is 24.3 Å². The Morgan fingerprint density at radius 3 is 1.73 bits per heavy atom. The Labute approximate surface area is 184 Å². The maximum Gasteiger partial charge on any atom is 0.200 e. The van der Waals surface area contributed by atoms with Crippen molar-refractivity contribution in [3.05, 3.63) is 35.4 Å². The molecule has 2 aromatic rings. The van der Waals surface area contributed by atoms with Crippen LogP contribution in [-0.2, 0) is 4.74 Å². The molecule has 10 N–H and O–H groups in total. The van der Waals surface area contributed by atoms with Gasteiger partial charge in [-0.15, -0.1) is 0 Å². The lowest BCUT2D eigenvalue weighted by Gasteiger charge is -2.45. The molecule has 1 aliphatic rings. The highest BCUT2D eigenvalue weighted by Gasteiger charge is 2.59. The average molecular weight is 468 g/mol. The van der Waals surface area contributed by atoms with Gasteiger partial charge in [-0.2, -0.15) is 0 Å². The molecule has 0 aromatic heterocycles. The molecule has 33 heavy (non-hydrogen) atoms. The summed E-state index contributed by atoms with van der Waals surface area (Å²) in [6, 6.07) is 2.58. The van der Waals surface area contributed by atoms with Crippen molar-refractivity contribution in [1.29, 1.82) is 0 Å². The van der Waals surface area contributed by atoms with Gasteiger partial charge in [0, 0.05) is 11.1 Å². The monoisotopic (exact) mass is 468 g/mol. The van der Waals surface area contributed by atoms with Crippen LogP contribution in [0.25, 0.3) is 0 Å². The summed E-state index contributed by atoms with van der Waals surface area (Å²) in [5.74, 6) is -8.57. The van der Waals surface area contributed by atoms with Crippen molar-refractivity contribution in [3.8, 4) is 34.5 Å². The topological polar surface area (TPSA) is 246 Å². The maximum absolute atomic E-state index is 13.1. The Morgan fingerprint density at radius 1 is 0.848 bits per heavy atom. The summed E-state index contributed by atoms with van der Waals surface area (Å²) in [5.41, 5.74) is -4.48. The third-order valence-electron chi connectivity index (χ3n) is 5.30. The molecule has 3 rings (SSSR count). The first-order chi connectivity index (χ1) is 15.3. The first-order valence-electron chi connectivity index (χ1n) is 9.27. The number of carbonyl (C=O) groups excluding carboxylic acids is 2. The zero-order valence-electron chi connectivity index (χ0n) is 16.5. The predicted molar refractivity (Wildman–Crippen MR) is 104 cm³/mol. The Morgan fingerprint density at radius 2 is 1.27 bits per heavy atom. The largest absolute Gasteiger partial charge is 0.504 e. The first-order valence-corrected chi connectivity index (χ1v) is 9.27. The molecular weight excluding hydrogens is 448 g/mol. The minimum atomic E-state index is -3.22. The van der Waals surface area contributed by atoms with Gasteiger partial charge in [0.2, 0.25) is 0 Å². The number of ketones is 2. The van der Waals surface area contributed by atoms with Crippen LogP contribution >= 0.6 is 0 Å². The van der Waals surface area contributed by atoms with Crippen molar-refractivity contribution in [2.24, 2.45) is 0 Å². The number of aromatic hydroxyl groups is 6. The van der Waals surface area contributed by atoms with Crippen molar-refractivity contribution in [3.63, 3.8) is 0 Å². The molecule has 1 aliphatic heterocycles. The zero-order valence-corrected chi connectivity index (χ0v) is 16.5. The molecule has 1 unspecified atom stereocenters. The second-order valence-electron chi connectivity index (χ2n) is 7.46. The van der Waals surface area contributed by atoms with Crippen LogP contribution < -0.4 is 0 Å². The van der Waals surface area contributed by atoms with E-state index in [0.29, 0.717) is 24.3 Å². The van der Waals surface area contributed by atoms with E-state index in [1.54, 1.807) is 0 Å². The summed E-state index contributed by atoms with van der Waals surface area (Å²) >= 11 is 0. The van der Waals surface area contributed by atoms with Crippen LogP contribution in [0.3, 0.4) is 0 Å². The number of carbonyl (C=O) groups is 2. The second kappa shape index (κ2) is 8.38. The van der Waals surface area contributed by atoms with Gasteiger partial charge < -0.3 is 55.8 Å². The van der Waals surface area contributed by atoms with Crippen LogP contribution in [-0.4, -0.2) is 99.3 Å². The van der Waals surface area contributed by atoms with Gasteiger partial charge in [0.05, 0.1) is 6.61 Å². The minimum Gasteiger partial charge on any atom is -0.504 e. The fourth-order valence-corrected chi connectivity index (χ4v) is 3.50. The van der Waals surface area contributed by atoms with E-state index < -0.39 is 93.8 Å². The minimum absolute atomic E-state index is 0.575. The number of ether oxygens (including phenoxy) is 1. The number of aliphatic hydroxyl groups is 4. The molecule has 5 atom stereocenters. The van der Waals surface area contributed by atoms with E-state index in [9.17, 15) is 60.7 Å². The average Bonchev–Trinajstić information content (AvgIpc) is 2.77. The fraction of sp³-hybridized carbons (Fsp3) is 0.300. The number of hydrogen-bond acceptors (Lipinski definition) is 13. The number of hydrogen-bond donors (Lipinski definition) is 10.